The number of fused-ring (bicyclic) bond motifs is 2. The summed E-state index contributed by atoms with van der Waals surface area (Å²) in [6.45, 7) is 0.627. The third-order valence-corrected chi connectivity index (χ3v) is 4.84. The maximum absolute atomic E-state index is 6.07. The molecule has 102 valence electrons. The van der Waals surface area contributed by atoms with Gasteiger partial charge in [0.15, 0.2) is 0 Å². The Hall–Kier alpha value is -1.75. The third-order valence-electron chi connectivity index (χ3n) is 3.87. The zero-order valence-corrected chi connectivity index (χ0v) is 11.8. The predicted octanol–water partition coefficient (Wildman–Crippen LogP) is 2.52. The van der Waals surface area contributed by atoms with Crippen LogP contribution in [0.1, 0.15) is 28.6 Å². The van der Waals surface area contributed by atoms with Crippen LogP contribution in [0.4, 0.5) is 5.82 Å². The SMILES string of the molecule is Nc1nc(C2COc3ccccc3C2)nc2c1CSC2. The quantitative estimate of drug-likeness (QED) is 0.872. The zero-order chi connectivity index (χ0) is 13.5. The first-order valence-corrected chi connectivity index (χ1v) is 7.90. The van der Waals surface area contributed by atoms with Crippen LogP contribution in [-0.4, -0.2) is 16.6 Å². The van der Waals surface area contributed by atoms with Gasteiger partial charge in [0.05, 0.1) is 18.2 Å². The third kappa shape index (κ3) is 1.93. The minimum absolute atomic E-state index is 0.197. The minimum Gasteiger partial charge on any atom is -0.493 e. The topological polar surface area (TPSA) is 61.0 Å². The smallest absolute Gasteiger partial charge is 0.137 e. The Morgan fingerprint density at radius 3 is 3.05 bits per heavy atom. The summed E-state index contributed by atoms with van der Waals surface area (Å²) in [4.78, 5) is 9.23. The number of nitrogens with two attached hydrogens (primary N) is 1. The Kier molecular flexibility index (Phi) is 2.80. The highest BCUT2D eigenvalue weighted by Gasteiger charge is 2.26. The number of nitrogen functional groups attached to an aromatic ring is 1. The maximum Gasteiger partial charge on any atom is 0.137 e. The van der Waals surface area contributed by atoms with Crippen LogP contribution >= 0.6 is 11.8 Å². The highest BCUT2D eigenvalue weighted by atomic mass is 32.2. The molecule has 20 heavy (non-hydrogen) atoms. The number of nitrogens with zero attached hydrogens (tertiary/aromatic N) is 2. The molecule has 0 bridgehead atoms. The van der Waals surface area contributed by atoms with Gasteiger partial charge in [-0.2, -0.15) is 11.8 Å². The van der Waals surface area contributed by atoms with Crippen molar-refractivity contribution in [3.8, 4) is 5.75 Å². The van der Waals surface area contributed by atoms with Gasteiger partial charge in [-0.3, -0.25) is 0 Å². The first-order chi connectivity index (χ1) is 9.81. The molecule has 1 aromatic carbocycles. The van der Waals surface area contributed by atoms with Crippen LogP contribution in [-0.2, 0) is 17.9 Å². The van der Waals surface area contributed by atoms with E-state index in [1.165, 1.54) is 5.56 Å². The number of hydrogen-bond acceptors (Lipinski definition) is 5. The van der Waals surface area contributed by atoms with Crippen LogP contribution in [0, 0.1) is 0 Å². The average molecular weight is 285 g/mol. The number of benzene rings is 1. The van der Waals surface area contributed by atoms with Gasteiger partial charge < -0.3 is 10.5 Å². The first-order valence-electron chi connectivity index (χ1n) is 6.75. The standard InChI is InChI=1S/C15H15N3OS/c16-14-11-7-20-8-12(11)17-15(18-14)10-5-9-3-1-2-4-13(9)19-6-10/h1-4,10H,5-8H2,(H2,16,17,18). The summed E-state index contributed by atoms with van der Waals surface area (Å²) in [6.07, 6.45) is 0.918. The molecule has 0 fully saturated rings. The van der Waals surface area contributed by atoms with E-state index < -0.39 is 0 Å². The van der Waals surface area contributed by atoms with Gasteiger partial charge in [0.2, 0.25) is 0 Å². The Morgan fingerprint density at radius 1 is 1.20 bits per heavy atom. The zero-order valence-electron chi connectivity index (χ0n) is 11.0. The molecule has 1 aromatic heterocycles. The summed E-state index contributed by atoms with van der Waals surface area (Å²) in [7, 11) is 0. The Morgan fingerprint density at radius 2 is 2.10 bits per heavy atom. The van der Waals surface area contributed by atoms with Crippen molar-refractivity contribution >= 4 is 17.6 Å². The van der Waals surface area contributed by atoms with Crippen molar-refractivity contribution in [3.63, 3.8) is 0 Å². The second kappa shape index (κ2) is 4.66. The summed E-state index contributed by atoms with van der Waals surface area (Å²) in [5, 5.41) is 0. The lowest BCUT2D eigenvalue weighted by molar-refractivity contribution is 0.257. The molecule has 0 amide bonds. The lowest BCUT2D eigenvalue weighted by Gasteiger charge is -2.24. The van der Waals surface area contributed by atoms with Crippen molar-refractivity contribution in [3.05, 3.63) is 46.9 Å². The fourth-order valence-corrected chi connectivity index (χ4v) is 3.83. The molecule has 2 aromatic rings. The lowest BCUT2D eigenvalue weighted by Crippen LogP contribution is -2.22. The van der Waals surface area contributed by atoms with E-state index in [4.69, 9.17) is 15.5 Å². The van der Waals surface area contributed by atoms with Crippen molar-refractivity contribution in [1.82, 2.24) is 9.97 Å². The number of anilines is 1. The van der Waals surface area contributed by atoms with E-state index in [1.54, 1.807) is 0 Å². The molecular weight excluding hydrogens is 270 g/mol. The van der Waals surface area contributed by atoms with Crippen molar-refractivity contribution in [2.45, 2.75) is 23.8 Å². The van der Waals surface area contributed by atoms with Gasteiger partial charge in [0.25, 0.3) is 0 Å². The summed E-state index contributed by atoms with van der Waals surface area (Å²) in [6, 6.07) is 8.16. The molecule has 3 heterocycles. The number of rotatable bonds is 1. The summed E-state index contributed by atoms with van der Waals surface area (Å²) >= 11 is 1.85. The number of thioether (sulfide) groups is 1. The molecule has 5 heteroatoms. The highest BCUT2D eigenvalue weighted by Crippen LogP contribution is 2.35. The molecular formula is C15H15N3OS. The largest absolute Gasteiger partial charge is 0.493 e. The van der Waals surface area contributed by atoms with Gasteiger partial charge >= 0.3 is 0 Å². The molecule has 2 N–H and O–H groups in total. The van der Waals surface area contributed by atoms with Gasteiger partial charge in [0.1, 0.15) is 17.4 Å². The van der Waals surface area contributed by atoms with Gasteiger partial charge in [-0.25, -0.2) is 9.97 Å². The summed E-state index contributed by atoms with van der Waals surface area (Å²) in [5.74, 6) is 4.54. The van der Waals surface area contributed by atoms with E-state index in [2.05, 4.69) is 11.1 Å². The van der Waals surface area contributed by atoms with Crippen LogP contribution < -0.4 is 10.5 Å². The van der Waals surface area contributed by atoms with Crippen LogP contribution in [0.2, 0.25) is 0 Å². The molecule has 4 rings (SSSR count). The van der Waals surface area contributed by atoms with E-state index in [9.17, 15) is 0 Å². The summed E-state index contributed by atoms with van der Waals surface area (Å²) in [5.41, 5.74) is 9.52. The molecule has 2 aliphatic heterocycles. The van der Waals surface area contributed by atoms with Crippen LogP contribution in [0.15, 0.2) is 24.3 Å². The number of hydrogen-bond donors (Lipinski definition) is 1. The number of aromatic nitrogens is 2. The number of para-hydroxylation sites is 1. The second-order valence-electron chi connectivity index (χ2n) is 5.20. The molecule has 0 spiro atoms. The predicted molar refractivity (Wildman–Crippen MR) is 79.8 cm³/mol. The van der Waals surface area contributed by atoms with Crippen LogP contribution in [0.25, 0.3) is 0 Å². The normalized spacial score (nSPS) is 20.1. The fourth-order valence-electron chi connectivity index (χ4n) is 2.77. The molecule has 0 saturated carbocycles. The first kappa shape index (κ1) is 12.0. The van der Waals surface area contributed by atoms with Crippen molar-refractivity contribution in [2.75, 3.05) is 12.3 Å². The van der Waals surface area contributed by atoms with Crippen LogP contribution in [0.5, 0.6) is 5.75 Å². The van der Waals surface area contributed by atoms with E-state index >= 15 is 0 Å². The minimum atomic E-state index is 0.197. The maximum atomic E-state index is 6.07. The Balaban J connectivity index is 1.68. The van der Waals surface area contributed by atoms with Crippen molar-refractivity contribution in [1.29, 1.82) is 0 Å². The van der Waals surface area contributed by atoms with E-state index in [0.29, 0.717) is 12.4 Å². The lowest BCUT2D eigenvalue weighted by atomic mass is 9.96. The van der Waals surface area contributed by atoms with Crippen molar-refractivity contribution in [2.24, 2.45) is 0 Å². The van der Waals surface area contributed by atoms with Crippen LogP contribution in [0.3, 0.4) is 0 Å². The van der Waals surface area contributed by atoms with Crippen molar-refractivity contribution < 1.29 is 4.74 Å². The Labute approximate surface area is 121 Å². The molecule has 1 unspecified atom stereocenters. The molecule has 1 atom stereocenters. The van der Waals surface area contributed by atoms with Gasteiger partial charge in [-0.15, -0.1) is 0 Å². The highest BCUT2D eigenvalue weighted by molar-refractivity contribution is 7.98. The summed E-state index contributed by atoms with van der Waals surface area (Å²) < 4.78 is 5.82. The van der Waals surface area contributed by atoms with Gasteiger partial charge in [-0.05, 0) is 18.1 Å². The van der Waals surface area contributed by atoms with Gasteiger partial charge in [0, 0.05) is 17.1 Å². The van der Waals surface area contributed by atoms with E-state index in [0.717, 1.165) is 40.8 Å². The average Bonchev–Trinajstić information content (AvgIpc) is 2.96. The molecule has 0 radical (unpaired) electrons. The van der Waals surface area contributed by atoms with E-state index in [-0.39, 0.29) is 5.92 Å². The fraction of sp³-hybridized carbons (Fsp3) is 0.333. The monoisotopic (exact) mass is 285 g/mol. The molecule has 2 aliphatic rings. The second-order valence-corrected chi connectivity index (χ2v) is 6.19. The van der Waals surface area contributed by atoms with Gasteiger partial charge in [-0.1, -0.05) is 18.2 Å². The molecule has 0 aliphatic carbocycles. The number of ether oxygens (including phenoxy) is 1. The molecule has 0 saturated heterocycles. The van der Waals surface area contributed by atoms with E-state index in [1.807, 2.05) is 30.0 Å². The molecule has 4 nitrogen and oxygen atoms in total. The Bertz CT molecular complexity index is 674.